The molecular weight excluding hydrogens is 244 g/mol. The number of para-hydroxylation sites is 2. The highest BCUT2D eigenvalue weighted by molar-refractivity contribution is 5.91. The van der Waals surface area contributed by atoms with E-state index in [0.29, 0.717) is 17.2 Å². The second-order valence-electron chi connectivity index (χ2n) is 4.06. The van der Waals surface area contributed by atoms with Gasteiger partial charge in [0.2, 0.25) is 0 Å². The maximum Gasteiger partial charge on any atom is 0.339 e. The van der Waals surface area contributed by atoms with Crippen molar-refractivity contribution in [1.29, 1.82) is 0 Å². The molecule has 0 saturated heterocycles. The molecule has 0 amide bonds. The predicted molar refractivity (Wildman–Crippen MR) is 71.2 cm³/mol. The highest BCUT2D eigenvalue weighted by atomic mass is 16.5. The molecule has 4 heteroatoms. The van der Waals surface area contributed by atoms with Crippen molar-refractivity contribution in [2.45, 2.75) is 6.92 Å². The van der Waals surface area contributed by atoms with E-state index in [0.717, 1.165) is 5.56 Å². The van der Waals surface area contributed by atoms with E-state index in [-0.39, 0.29) is 5.56 Å². The molecule has 98 valence electrons. The first-order valence-electron chi connectivity index (χ1n) is 5.76. The standard InChI is InChI=1S/C15H14O4/c1-10-7-8-12(11(9-10)15(16)17)19-14-6-4-3-5-13(14)18-2/h3-9H,1-2H3,(H,16,17). The van der Waals surface area contributed by atoms with Gasteiger partial charge in [0.25, 0.3) is 0 Å². The number of hydrogen-bond acceptors (Lipinski definition) is 3. The van der Waals surface area contributed by atoms with Crippen LogP contribution in [0.2, 0.25) is 0 Å². The number of aromatic carboxylic acids is 1. The van der Waals surface area contributed by atoms with Gasteiger partial charge < -0.3 is 14.6 Å². The Morgan fingerprint density at radius 2 is 1.74 bits per heavy atom. The largest absolute Gasteiger partial charge is 0.493 e. The minimum absolute atomic E-state index is 0.130. The molecule has 0 heterocycles. The fourth-order valence-corrected chi connectivity index (χ4v) is 1.72. The van der Waals surface area contributed by atoms with Gasteiger partial charge in [-0.1, -0.05) is 23.8 Å². The highest BCUT2D eigenvalue weighted by Gasteiger charge is 2.13. The lowest BCUT2D eigenvalue weighted by Crippen LogP contribution is -2.01. The third-order valence-corrected chi connectivity index (χ3v) is 2.65. The molecule has 0 aliphatic heterocycles. The van der Waals surface area contributed by atoms with E-state index in [2.05, 4.69) is 0 Å². The van der Waals surface area contributed by atoms with Gasteiger partial charge in [-0.15, -0.1) is 0 Å². The van der Waals surface area contributed by atoms with Crippen LogP contribution in [0.4, 0.5) is 0 Å². The second-order valence-corrected chi connectivity index (χ2v) is 4.06. The lowest BCUT2D eigenvalue weighted by molar-refractivity contribution is 0.0694. The zero-order valence-corrected chi connectivity index (χ0v) is 10.7. The van der Waals surface area contributed by atoms with E-state index in [1.165, 1.54) is 7.11 Å². The van der Waals surface area contributed by atoms with Crippen LogP contribution in [0.1, 0.15) is 15.9 Å². The first kappa shape index (κ1) is 13.0. The van der Waals surface area contributed by atoms with Crippen LogP contribution in [0.25, 0.3) is 0 Å². The Morgan fingerprint density at radius 3 is 2.37 bits per heavy atom. The number of hydrogen-bond donors (Lipinski definition) is 1. The number of aryl methyl sites for hydroxylation is 1. The van der Waals surface area contributed by atoms with Crippen LogP contribution in [0.3, 0.4) is 0 Å². The zero-order valence-electron chi connectivity index (χ0n) is 10.7. The van der Waals surface area contributed by atoms with E-state index in [4.69, 9.17) is 9.47 Å². The summed E-state index contributed by atoms with van der Waals surface area (Å²) in [6.07, 6.45) is 0. The number of methoxy groups -OCH3 is 1. The molecule has 2 aromatic carbocycles. The summed E-state index contributed by atoms with van der Waals surface area (Å²) >= 11 is 0. The van der Waals surface area contributed by atoms with E-state index >= 15 is 0 Å². The number of benzene rings is 2. The Kier molecular flexibility index (Phi) is 3.71. The van der Waals surface area contributed by atoms with Crippen LogP contribution >= 0.6 is 0 Å². The zero-order chi connectivity index (χ0) is 13.8. The number of carboxylic acids is 1. The molecule has 0 bridgehead atoms. The molecule has 2 rings (SSSR count). The van der Waals surface area contributed by atoms with E-state index in [1.807, 2.05) is 13.0 Å². The molecule has 2 aromatic rings. The normalized spacial score (nSPS) is 10.0. The smallest absolute Gasteiger partial charge is 0.339 e. The van der Waals surface area contributed by atoms with Gasteiger partial charge >= 0.3 is 5.97 Å². The molecule has 0 aromatic heterocycles. The summed E-state index contributed by atoms with van der Waals surface area (Å²) in [7, 11) is 1.54. The monoisotopic (exact) mass is 258 g/mol. The minimum atomic E-state index is -1.02. The van der Waals surface area contributed by atoms with Gasteiger partial charge in [0.1, 0.15) is 11.3 Å². The summed E-state index contributed by atoms with van der Waals surface area (Å²) < 4.78 is 10.8. The lowest BCUT2D eigenvalue weighted by atomic mass is 10.1. The van der Waals surface area contributed by atoms with Crippen molar-refractivity contribution >= 4 is 5.97 Å². The third-order valence-electron chi connectivity index (χ3n) is 2.65. The summed E-state index contributed by atoms with van der Waals surface area (Å²) in [6.45, 7) is 1.83. The van der Waals surface area contributed by atoms with Crippen LogP contribution in [0, 0.1) is 6.92 Å². The van der Waals surface area contributed by atoms with Gasteiger partial charge in [-0.3, -0.25) is 0 Å². The van der Waals surface area contributed by atoms with Gasteiger partial charge in [0, 0.05) is 0 Å². The van der Waals surface area contributed by atoms with Gasteiger partial charge in [-0.2, -0.15) is 0 Å². The van der Waals surface area contributed by atoms with Crippen molar-refractivity contribution in [2.24, 2.45) is 0 Å². The van der Waals surface area contributed by atoms with E-state index in [9.17, 15) is 9.90 Å². The quantitative estimate of drug-likeness (QED) is 0.912. The average Bonchev–Trinajstić information content (AvgIpc) is 2.41. The Hall–Kier alpha value is -2.49. The highest BCUT2D eigenvalue weighted by Crippen LogP contribution is 2.33. The Bertz CT molecular complexity index is 605. The maximum atomic E-state index is 11.2. The van der Waals surface area contributed by atoms with Crippen molar-refractivity contribution in [3.63, 3.8) is 0 Å². The summed E-state index contributed by atoms with van der Waals surface area (Å²) in [5, 5.41) is 9.18. The van der Waals surface area contributed by atoms with Crippen LogP contribution < -0.4 is 9.47 Å². The summed E-state index contributed by atoms with van der Waals surface area (Å²) in [5.41, 5.74) is 0.996. The summed E-state index contributed by atoms with van der Waals surface area (Å²) in [5.74, 6) is 0.312. The second kappa shape index (κ2) is 5.44. The first-order chi connectivity index (χ1) is 9.11. The van der Waals surface area contributed by atoms with Crippen LogP contribution in [0.15, 0.2) is 42.5 Å². The SMILES string of the molecule is COc1ccccc1Oc1ccc(C)cc1C(=O)O. The molecule has 1 N–H and O–H groups in total. The average molecular weight is 258 g/mol. The van der Waals surface area contributed by atoms with Gasteiger partial charge in [0.15, 0.2) is 11.5 Å². The van der Waals surface area contributed by atoms with Gasteiger partial charge in [0.05, 0.1) is 7.11 Å². The molecule has 0 spiro atoms. The van der Waals surface area contributed by atoms with Crippen molar-refractivity contribution in [2.75, 3.05) is 7.11 Å². The van der Waals surface area contributed by atoms with E-state index < -0.39 is 5.97 Å². The number of carbonyl (C=O) groups is 1. The molecule has 0 unspecified atom stereocenters. The van der Waals surface area contributed by atoms with Gasteiger partial charge in [-0.05, 0) is 31.2 Å². The fourth-order valence-electron chi connectivity index (χ4n) is 1.72. The lowest BCUT2D eigenvalue weighted by Gasteiger charge is -2.12. The molecule has 4 nitrogen and oxygen atoms in total. The maximum absolute atomic E-state index is 11.2. The van der Waals surface area contributed by atoms with Crippen molar-refractivity contribution in [3.8, 4) is 17.2 Å². The Labute approximate surface area is 111 Å². The molecule has 0 radical (unpaired) electrons. The van der Waals surface area contributed by atoms with Crippen molar-refractivity contribution < 1.29 is 19.4 Å². The molecule has 0 aliphatic carbocycles. The number of ether oxygens (including phenoxy) is 2. The molecule has 19 heavy (non-hydrogen) atoms. The van der Waals surface area contributed by atoms with Crippen LogP contribution in [0.5, 0.6) is 17.2 Å². The Balaban J connectivity index is 2.41. The molecule has 0 saturated carbocycles. The molecule has 0 fully saturated rings. The summed E-state index contributed by atoms with van der Waals surface area (Å²) in [4.78, 5) is 11.2. The predicted octanol–water partition coefficient (Wildman–Crippen LogP) is 3.49. The number of carboxylic acid groups (broad SMARTS) is 1. The fraction of sp³-hybridized carbons (Fsp3) is 0.133. The first-order valence-corrected chi connectivity index (χ1v) is 5.76. The van der Waals surface area contributed by atoms with E-state index in [1.54, 1.807) is 36.4 Å². The van der Waals surface area contributed by atoms with Crippen LogP contribution in [-0.4, -0.2) is 18.2 Å². The number of rotatable bonds is 4. The minimum Gasteiger partial charge on any atom is -0.493 e. The summed E-state index contributed by atoms with van der Waals surface area (Å²) in [6, 6.07) is 12.1. The van der Waals surface area contributed by atoms with Crippen molar-refractivity contribution in [1.82, 2.24) is 0 Å². The van der Waals surface area contributed by atoms with Gasteiger partial charge in [-0.25, -0.2) is 4.79 Å². The van der Waals surface area contributed by atoms with Crippen LogP contribution in [-0.2, 0) is 0 Å². The van der Waals surface area contributed by atoms with Crippen molar-refractivity contribution in [3.05, 3.63) is 53.6 Å². The molecular formula is C15H14O4. The topological polar surface area (TPSA) is 55.8 Å². The third kappa shape index (κ3) is 2.85. The Morgan fingerprint density at radius 1 is 1.05 bits per heavy atom. The molecule has 0 aliphatic rings. The molecule has 0 atom stereocenters.